The quantitative estimate of drug-likeness (QED) is 0.799. The number of halogens is 3. The van der Waals surface area contributed by atoms with Gasteiger partial charge >= 0.3 is 5.97 Å². The Balaban J connectivity index is 2.37. The van der Waals surface area contributed by atoms with Crippen molar-refractivity contribution < 1.29 is 13.9 Å². The van der Waals surface area contributed by atoms with Crippen LogP contribution in [-0.2, 0) is 9.53 Å². The molecule has 0 aliphatic heterocycles. The van der Waals surface area contributed by atoms with Crippen LogP contribution in [0.4, 0.5) is 10.1 Å². The SMILES string of the molecule is COC(=O)C(Nc1ccccc1Cl)c1ccc(F)c(Br)c1. The molecule has 0 aromatic heterocycles. The van der Waals surface area contributed by atoms with Crippen molar-refractivity contribution in [3.8, 4) is 0 Å². The number of anilines is 1. The number of carbonyl (C=O) groups excluding carboxylic acids is 1. The molecule has 2 aromatic rings. The molecule has 3 nitrogen and oxygen atoms in total. The van der Waals surface area contributed by atoms with Gasteiger partial charge in [-0.1, -0.05) is 29.8 Å². The number of esters is 1. The highest BCUT2D eigenvalue weighted by Gasteiger charge is 2.23. The number of hydrogen-bond donors (Lipinski definition) is 1. The number of benzene rings is 2. The molecule has 1 unspecified atom stereocenters. The third kappa shape index (κ3) is 3.74. The van der Waals surface area contributed by atoms with E-state index in [0.29, 0.717) is 16.3 Å². The Morgan fingerprint density at radius 3 is 2.67 bits per heavy atom. The number of nitrogens with one attached hydrogen (secondary N) is 1. The average molecular weight is 373 g/mol. The van der Waals surface area contributed by atoms with Crippen LogP contribution in [0.2, 0.25) is 5.02 Å². The smallest absolute Gasteiger partial charge is 0.332 e. The second-order valence-corrected chi connectivity index (χ2v) is 5.52. The Morgan fingerprint density at radius 1 is 1.33 bits per heavy atom. The van der Waals surface area contributed by atoms with Crippen LogP contribution in [0.25, 0.3) is 0 Å². The summed E-state index contributed by atoms with van der Waals surface area (Å²) in [6, 6.07) is 10.6. The van der Waals surface area contributed by atoms with Gasteiger partial charge < -0.3 is 10.1 Å². The van der Waals surface area contributed by atoms with Crippen LogP contribution in [0, 0.1) is 5.82 Å². The van der Waals surface area contributed by atoms with Gasteiger partial charge in [0.2, 0.25) is 0 Å². The van der Waals surface area contributed by atoms with Gasteiger partial charge in [0.15, 0.2) is 6.04 Å². The van der Waals surface area contributed by atoms with Crippen molar-refractivity contribution >= 4 is 39.2 Å². The van der Waals surface area contributed by atoms with E-state index in [1.165, 1.54) is 25.3 Å². The first-order valence-electron chi connectivity index (χ1n) is 6.06. The molecular formula is C15H12BrClFNO2. The molecule has 6 heteroatoms. The van der Waals surface area contributed by atoms with Crippen LogP contribution < -0.4 is 5.32 Å². The number of ether oxygens (including phenoxy) is 1. The fraction of sp³-hybridized carbons (Fsp3) is 0.133. The maximum Gasteiger partial charge on any atom is 0.332 e. The van der Waals surface area contributed by atoms with Gasteiger partial charge in [-0.15, -0.1) is 0 Å². The first-order chi connectivity index (χ1) is 10.0. The van der Waals surface area contributed by atoms with E-state index in [-0.39, 0.29) is 4.47 Å². The Hall–Kier alpha value is -1.59. The van der Waals surface area contributed by atoms with Crippen molar-refractivity contribution in [3.63, 3.8) is 0 Å². The second kappa shape index (κ2) is 6.91. The summed E-state index contributed by atoms with van der Waals surface area (Å²) in [5, 5.41) is 3.49. The fourth-order valence-electron chi connectivity index (χ4n) is 1.82. The van der Waals surface area contributed by atoms with Crippen LogP contribution in [0.5, 0.6) is 0 Å². The average Bonchev–Trinajstić information content (AvgIpc) is 2.48. The molecule has 0 aliphatic rings. The minimum absolute atomic E-state index is 0.273. The first kappa shape index (κ1) is 15.8. The number of rotatable bonds is 4. The molecule has 1 N–H and O–H groups in total. The third-order valence-corrected chi connectivity index (χ3v) is 3.82. The maximum absolute atomic E-state index is 13.3. The standard InChI is InChI=1S/C15H12BrClFNO2/c1-21-15(20)14(9-6-7-12(18)10(16)8-9)19-13-5-3-2-4-11(13)17/h2-8,14,19H,1H3. The van der Waals surface area contributed by atoms with Crippen molar-refractivity contribution in [2.45, 2.75) is 6.04 Å². The zero-order valence-electron chi connectivity index (χ0n) is 11.1. The maximum atomic E-state index is 13.3. The number of methoxy groups -OCH3 is 1. The Labute approximate surface area is 135 Å². The van der Waals surface area contributed by atoms with Gasteiger partial charge in [-0.25, -0.2) is 9.18 Å². The molecule has 0 amide bonds. The molecule has 21 heavy (non-hydrogen) atoms. The van der Waals surface area contributed by atoms with Gasteiger partial charge in [0.1, 0.15) is 5.82 Å². The predicted octanol–water partition coefficient (Wildman–Crippen LogP) is 4.57. The van der Waals surface area contributed by atoms with E-state index in [1.54, 1.807) is 24.3 Å². The van der Waals surface area contributed by atoms with E-state index in [4.69, 9.17) is 16.3 Å². The van der Waals surface area contributed by atoms with Crippen LogP contribution in [-0.4, -0.2) is 13.1 Å². The van der Waals surface area contributed by atoms with Gasteiger partial charge in [0.25, 0.3) is 0 Å². The van der Waals surface area contributed by atoms with Gasteiger partial charge in [-0.3, -0.25) is 0 Å². The third-order valence-electron chi connectivity index (χ3n) is 2.89. The largest absolute Gasteiger partial charge is 0.467 e. The normalized spacial score (nSPS) is 11.8. The van der Waals surface area contributed by atoms with E-state index in [9.17, 15) is 9.18 Å². The molecule has 0 spiro atoms. The molecular weight excluding hydrogens is 361 g/mol. The van der Waals surface area contributed by atoms with Crippen LogP contribution in [0.3, 0.4) is 0 Å². The lowest BCUT2D eigenvalue weighted by Gasteiger charge is -2.19. The highest BCUT2D eigenvalue weighted by molar-refractivity contribution is 9.10. The lowest BCUT2D eigenvalue weighted by molar-refractivity contribution is -0.141. The van der Waals surface area contributed by atoms with Gasteiger partial charge in [0.05, 0.1) is 22.3 Å². The number of para-hydroxylation sites is 1. The van der Waals surface area contributed by atoms with Gasteiger partial charge in [0, 0.05) is 0 Å². The zero-order valence-corrected chi connectivity index (χ0v) is 13.4. The second-order valence-electron chi connectivity index (χ2n) is 4.25. The van der Waals surface area contributed by atoms with Crippen molar-refractivity contribution in [1.29, 1.82) is 0 Å². The molecule has 2 rings (SSSR count). The van der Waals surface area contributed by atoms with E-state index < -0.39 is 17.8 Å². The van der Waals surface area contributed by atoms with Crippen molar-refractivity contribution in [3.05, 3.63) is 63.3 Å². The van der Waals surface area contributed by atoms with E-state index in [0.717, 1.165) is 0 Å². The molecule has 0 heterocycles. The van der Waals surface area contributed by atoms with E-state index in [2.05, 4.69) is 21.2 Å². The van der Waals surface area contributed by atoms with Crippen LogP contribution in [0.1, 0.15) is 11.6 Å². The summed E-state index contributed by atoms with van der Waals surface area (Å²) >= 11 is 9.18. The molecule has 2 aromatic carbocycles. The first-order valence-corrected chi connectivity index (χ1v) is 7.24. The summed E-state index contributed by atoms with van der Waals surface area (Å²) < 4.78 is 18.4. The topological polar surface area (TPSA) is 38.3 Å². The molecule has 0 saturated heterocycles. The summed E-state index contributed by atoms with van der Waals surface area (Å²) in [6.45, 7) is 0. The van der Waals surface area contributed by atoms with Crippen molar-refractivity contribution in [2.75, 3.05) is 12.4 Å². The van der Waals surface area contributed by atoms with Gasteiger partial charge in [-0.2, -0.15) is 0 Å². The van der Waals surface area contributed by atoms with Crippen LogP contribution >= 0.6 is 27.5 Å². The minimum atomic E-state index is -0.785. The Bertz CT molecular complexity index is 666. The van der Waals surface area contributed by atoms with Gasteiger partial charge in [-0.05, 0) is 45.8 Å². The zero-order chi connectivity index (χ0) is 15.4. The minimum Gasteiger partial charge on any atom is -0.467 e. The Kier molecular flexibility index (Phi) is 5.20. The summed E-state index contributed by atoms with van der Waals surface area (Å²) in [5.41, 5.74) is 1.16. The summed E-state index contributed by atoms with van der Waals surface area (Å²) in [5.74, 6) is -0.895. The predicted molar refractivity (Wildman–Crippen MR) is 83.9 cm³/mol. The van der Waals surface area contributed by atoms with E-state index >= 15 is 0 Å². The highest BCUT2D eigenvalue weighted by Crippen LogP contribution is 2.28. The number of carbonyl (C=O) groups is 1. The highest BCUT2D eigenvalue weighted by atomic mass is 79.9. The number of hydrogen-bond acceptors (Lipinski definition) is 3. The molecule has 1 atom stereocenters. The van der Waals surface area contributed by atoms with Crippen molar-refractivity contribution in [2.24, 2.45) is 0 Å². The molecule has 0 radical (unpaired) electrons. The molecule has 0 fully saturated rings. The summed E-state index contributed by atoms with van der Waals surface area (Å²) in [4.78, 5) is 12.0. The molecule has 0 saturated carbocycles. The Morgan fingerprint density at radius 2 is 2.05 bits per heavy atom. The molecule has 110 valence electrons. The van der Waals surface area contributed by atoms with Crippen molar-refractivity contribution in [1.82, 2.24) is 0 Å². The summed E-state index contributed by atoms with van der Waals surface area (Å²) in [6.07, 6.45) is 0. The molecule has 0 aliphatic carbocycles. The lowest BCUT2D eigenvalue weighted by atomic mass is 10.1. The lowest BCUT2D eigenvalue weighted by Crippen LogP contribution is -2.22. The summed E-state index contributed by atoms with van der Waals surface area (Å²) in [7, 11) is 1.29. The fourth-order valence-corrected chi connectivity index (χ4v) is 2.41. The monoisotopic (exact) mass is 371 g/mol. The van der Waals surface area contributed by atoms with E-state index in [1.807, 2.05) is 0 Å². The molecule has 0 bridgehead atoms. The van der Waals surface area contributed by atoms with Crippen LogP contribution in [0.15, 0.2) is 46.9 Å².